The molecule has 0 aliphatic carbocycles. The summed E-state index contributed by atoms with van der Waals surface area (Å²) >= 11 is 0. The topological polar surface area (TPSA) is 87.3 Å². The number of carbonyl (C=O) groups is 1. The highest BCUT2D eigenvalue weighted by Crippen LogP contribution is 2.17. The van der Waals surface area contributed by atoms with Crippen molar-refractivity contribution in [3.63, 3.8) is 0 Å². The molecule has 0 atom stereocenters. The second kappa shape index (κ2) is 8.88. The third-order valence-electron chi connectivity index (χ3n) is 3.65. The van der Waals surface area contributed by atoms with Gasteiger partial charge in [-0.3, -0.25) is 4.72 Å². The number of urea groups is 1. The average molecular weight is 393 g/mol. The summed E-state index contributed by atoms with van der Waals surface area (Å²) in [6, 6.07) is 24.2. The maximum Gasteiger partial charge on any atom is 0.323 e. The first-order chi connectivity index (χ1) is 13.5. The van der Waals surface area contributed by atoms with E-state index >= 15 is 0 Å². The summed E-state index contributed by atoms with van der Waals surface area (Å²) in [5.41, 5.74) is 2.24. The summed E-state index contributed by atoms with van der Waals surface area (Å²) in [7, 11) is -3.69. The minimum atomic E-state index is -3.69. The number of nitrogens with one attached hydrogen (secondary N) is 3. The Kier molecular flexibility index (Phi) is 6.08. The Bertz CT molecular complexity index is 1070. The zero-order valence-corrected chi connectivity index (χ0v) is 15.7. The van der Waals surface area contributed by atoms with Crippen LogP contribution in [0.3, 0.4) is 0 Å². The molecule has 0 radical (unpaired) electrons. The van der Waals surface area contributed by atoms with E-state index < -0.39 is 16.1 Å². The van der Waals surface area contributed by atoms with Crippen LogP contribution in [0, 0.1) is 0 Å². The molecule has 6 nitrogen and oxygen atoms in total. The largest absolute Gasteiger partial charge is 0.323 e. The molecule has 3 rings (SSSR count). The number of hydrogen-bond donors (Lipinski definition) is 3. The van der Waals surface area contributed by atoms with Gasteiger partial charge in [-0.1, -0.05) is 54.6 Å². The molecule has 28 heavy (non-hydrogen) atoms. The van der Waals surface area contributed by atoms with Crippen LogP contribution < -0.4 is 15.4 Å². The van der Waals surface area contributed by atoms with Gasteiger partial charge in [-0.15, -0.1) is 0 Å². The Morgan fingerprint density at radius 1 is 0.714 bits per heavy atom. The fourth-order valence-corrected chi connectivity index (χ4v) is 3.27. The van der Waals surface area contributed by atoms with Gasteiger partial charge in [-0.05, 0) is 42.0 Å². The summed E-state index contributed by atoms with van der Waals surface area (Å²) in [5.74, 6) is 0. The van der Waals surface area contributed by atoms with Crippen molar-refractivity contribution in [1.29, 1.82) is 0 Å². The molecule has 7 heteroatoms. The number of hydrogen-bond acceptors (Lipinski definition) is 3. The van der Waals surface area contributed by atoms with E-state index in [0.717, 1.165) is 11.0 Å². The van der Waals surface area contributed by atoms with Gasteiger partial charge in [0.2, 0.25) is 0 Å². The molecule has 0 saturated heterocycles. The summed E-state index contributed by atoms with van der Waals surface area (Å²) in [6.45, 7) is 0. The Labute approximate surface area is 164 Å². The number of carbonyl (C=O) groups excluding carboxylic acids is 1. The van der Waals surface area contributed by atoms with Gasteiger partial charge in [0.05, 0.1) is 11.1 Å². The SMILES string of the molecule is O=C(Nc1ccccc1)Nc1cccc(NS(=O)(=O)/C=C/c2ccccc2)c1. The van der Waals surface area contributed by atoms with Crippen LogP contribution in [-0.2, 0) is 10.0 Å². The molecule has 0 aromatic heterocycles. The van der Waals surface area contributed by atoms with Gasteiger partial charge in [0.25, 0.3) is 10.0 Å². The Morgan fingerprint density at radius 3 is 2.00 bits per heavy atom. The number of rotatable bonds is 6. The van der Waals surface area contributed by atoms with E-state index in [1.807, 2.05) is 48.5 Å². The zero-order chi connectivity index (χ0) is 19.8. The predicted octanol–water partition coefficient (Wildman–Crippen LogP) is 4.74. The van der Waals surface area contributed by atoms with E-state index in [1.54, 1.807) is 36.4 Å². The fraction of sp³-hybridized carbons (Fsp3) is 0. The van der Waals surface area contributed by atoms with Crippen molar-refractivity contribution in [2.75, 3.05) is 15.4 Å². The summed E-state index contributed by atoms with van der Waals surface area (Å²) in [4.78, 5) is 12.1. The third-order valence-corrected chi connectivity index (χ3v) is 4.67. The van der Waals surface area contributed by atoms with Crippen molar-refractivity contribution in [3.8, 4) is 0 Å². The van der Waals surface area contributed by atoms with Gasteiger partial charge in [0.15, 0.2) is 0 Å². The fourth-order valence-electron chi connectivity index (χ4n) is 2.41. The molecule has 0 spiro atoms. The molecule has 0 fully saturated rings. The highest BCUT2D eigenvalue weighted by Gasteiger charge is 2.08. The highest BCUT2D eigenvalue weighted by molar-refractivity contribution is 7.95. The highest BCUT2D eigenvalue weighted by atomic mass is 32.2. The van der Waals surface area contributed by atoms with Crippen LogP contribution in [-0.4, -0.2) is 14.4 Å². The normalized spacial score (nSPS) is 11.1. The second-order valence-electron chi connectivity index (χ2n) is 5.89. The molecule has 0 saturated carbocycles. The van der Waals surface area contributed by atoms with Crippen LogP contribution in [0.4, 0.5) is 21.9 Å². The van der Waals surface area contributed by atoms with Crippen molar-refractivity contribution in [3.05, 3.63) is 95.9 Å². The first-order valence-electron chi connectivity index (χ1n) is 8.49. The van der Waals surface area contributed by atoms with E-state index in [2.05, 4.69) is 15.4 Å². The molecule has 142 valence electrons. The number of benzene rings is 3. The molecule has 0 unspecified atom stereocenters. The van der Waals surface area contributed by atoms with Gasteiger partial charge in [-0.2, -0.15) is 0 Å². The minimum Gasteiger partial charge on any atom is -0.308 e. The van der Waals surface area contributed by atoms with Crippen molar-refractivity contribution < 1.29 is 13.2 Å². The summed E-state index contributed by atoms with van der Waals surface area (Å²) in [6.07, 6.45) is 1.51. The van der Waals surface area contributed by atoms with E-state index in [1.165, 1.54) is 6.08 Å². The molecular weight excluding hydrogens is 374 g/mol. The molecular formula is C21H19N3O3S. The first kappa shape index (κ1) is 19.2. The molecule has 0 aliphatic heterocycles. The van der Waals surface area contributed by atoms with Gasteiger partial charge < -0.3 is 10.6 Å². The smallest absolute Gasteiger partial charge is 0.308 e. The van der Waals surface area contributed by atoms with E-state index in [-0.39, 0.29) is 0 Å². The predicted molar refractivity (Wildman–Crippen MR) is 114 cm³/mol. The van der Waals surface area contributed by atoms with Crippen LogP contribution in [0.2, 0.25) is 0 Å². The van der Waals surface area contributed by atoms with Crippen molar-refractivity contribution in [1.82, 2.24) is 0 Å². The molecule has 0 bridgehead atoms. The number of para-hydroxylation sites is 1. The van der Waals surface area contributed by atoms with Crippen LogP contribution in [0.1, 0.15) is 5.56 Å². The molecule has 3 aromatic carbocycles. The van der Waals surface area contributed by atoms with Crippen molar-refractivity contribution in [2.24, 2.45) is 0 Å². The van der Waals surface area contributed by atoms with Gasteiger partial charge in [0.1, 0.15) is 0 Å². The van der Waals surface area contributed by atoms with E-state index in [4.69, 9.17) is 0 Å². The Hall–Kier alpha value is -3.58. The van der Waals surface area contributed by atoms with Crippen molar-refractivity contribution >= 4 is 39.2 Å². The number of amides is 2. The molecule has 3 aromatic rings. The average Bonchev–Trinajstić information content (AvgIpc) is 2.68. The van der Waals surface area contributed by atoms with Gasteiger partial charge in [-0.25, -0.2) is 13.2 Å². The molecule has 0 aliphatic rings. The van der Waals surface area contributed by atoms with E-state index in [0.29, 0.717) is 17.1 Å². The lowest BCUT2D eigenvalue weighted by Gasteiger charge is -2.10. The summed E-state index contributed by atoms with van der Waals surface area (Å²) < 4.78 is 27.0. The third kappa shape index (κ3) is 6.00. The Morgan fingerprint density at radius 2 is 1.29 bits per heavy atom. The lowest BCUT2D eigenvalue weighted by atomic mass is 10.2. The maximum absolute atomic E-state index is 12.3. The zero-order valence-electron chi connectivity index (χ0n) is 14.9. The van der Waals surface area contributed by atoms with Crippen LogP contribution in [0.15, 0.2) is 90.3 Å². The maximum atomic E-state index is 12.3. The lowest BCUT2D eigenvalue weighted by Crippen LogP contribution is -2.19. The Balaban J connectivity index is 1.64. The first-order valence-corrected chi connectivity index (χ1v) is 10.0. The number of sulfonamides is 1. The second-order valence-corrected chi connectivity index (χ2v) is 7.45. The van der Waals surface area contributed by atoms with Crippen molar-refractivity contribution in [2.45, 2.75) is 0 Å². The van der Waals surface area contributed by atoms with Crippen LogP contribution in [0.5, 0.6) is 0 Å². The summed E-state index contributed by atoms with van der Waals surface area (Å²) in [5, 5.41) is 6.47. The molecule has 0 heterocycles. The van der Waals surface area contributed by atoms with E-state index in [9.17, 15) is 13.2 Å². The van der Waals surface area contributed by atoms with Crippen LogP contribution >= 0.6 is 0 Å². The van der Waals surface area contributed by atoms with Crippen LogP contribution in [0.25, 0.3) is 6.08 Å². The molecule has 2 amide bonds. The number of anilines is 3. The lowest BCUT2D eigenvalue weighted by molar-refractivity contribution is 0.262. The van der Waals surface area contributed by atoms with Gasteiger partial charge >= 0.3 is 6.03 Å². The quantitative estimate of drug-likeness (QED) is 0.565. The molecule has 3 N–H and O–H groups in total. The monoisotopic (exact) mass is 393 g/mol. The standard InChI is InChI=1S/C21H19N3O3S/c25-21(22-18-10-5-2-6-11-18)23-19-12-7-13-20(16-19)24-28(26,27)15-14-17-8-3-1-4-9-17/h1-16,24H,(H2,22,23,25)/b15-14+. The van der Waals surface area contributed by atoms with Gasteiger partial charge in [0, 0.05) is 11.4 Å². The minimum absolute atomic E-state index is 0.343.